The lowest BCUT2D eigenvalue weighted by molar-refractivity contribution is -0.384. The fourth-order valence-electron chi connectivity index (χ4n) is 2.97. The number of hydrogen-bond acceptors (Lipinski definition) is 4. The summed E-state index contributed by atoms with van der Waals surface area (Å²) in [5.74, 6) is -0.368. The normalized spacial score (nSPS) is 10.6. The summed E-state index contributed by atoms with van der Waals surface area (Å²) < 4.78 is 1.60. The van der Waals surface area contributed by atoms with E-state index < -0.39 is 4.92 Å². The van der Waals surface area contributed by atoms with Crippen LogP contribution in [0.15, 0.2) is 85.1 Å². The van der Waals surface area contributed by atoms with Crippen LogP contribution in [0.2, 0.25) is 5.02 Å². The molecule has 0 saturated carbocycles. The molecule has 0 bridgehead atoms. The Morgan fingerprint density at radius 1 is 1.00 bits per heavy atom. The molecule has 148 valence electrons. The lowest BCUT2D eigenvalue weighted by atomic mass is 10.1. The van der Waals surface area contributed by atoms with Gasteiger partial charge in [0.25, 0.3) is 11.6 Å². The van der Waals surface area contributed by atoms with Crippen molar-refractivity contribution in [3.8, 4) is 16.9 Å². The molecule has 0 atom stereocenters. The van der Waals surface area contributed by atoms with Crippen molar-refractivity contribution in [1.82, 2.24) is 9.78 Å². The molecule has 7 nitrogen and oxygen atoms in total. The molecule has 1 amide bonds. The highest BCUT2D eigenvalue weighted by molar-refractivity contribution is 6.31. The Morgan fingerprint density at radius 2 is 1.73 bits per heavy atom. The van der Waals surface area contributed by atoms with Crippen LogP contribution >= 0.6 is 11.6 Å². The molecular formula is C22H15ClN4O3. The Hall–Kier alpha value is -3.97. The SMILES string of the molecule is O=C(Nc1cccc(Cl)c1)c1cn(-c2ccccc2)nc1-c1ccc([N+](=O)[O-])cc1. The fraction of sp³-hybridized carbons (Fsp3) is 0. The lowest BCUT2D eigenvalue weighted by Crippen LogP contribution is -2.12. The van der Waals surface area contributed by atoms with E-state index in [0.717, 1.165) is 5.69 Å². The molecule has 0 aliphatic rings. The Morgan fingerprint density at radius 3 is 2.40 bits per heavy atom. The van der Waals surface area contributed by atoms with E-state index >= 15 is 0 Å². The van der Waals surface area contributed by atoms with E-state index in [4.69, 9.17) is 11.6 Å². The van der Waals surface area contributed by atoms with Gasteiger partial charge in [-0.05, 0) is 42.5 Å². The number of anilines is 1. The fourth-order valence-corrected chi connectivity index (χ4v) is 3.16. The van der Waals surface area contributed by atoms with Crippen molar-refractivity contribution in [2.24, 2.45) is 0 Å². The molecule has 1 aromatic heterocycles. The molecule has 1 N–H and O–H groups in total. The number of nitrogens with zero attached hydrogens (tertiary/aromatic N) is 3. The maximum atomic E-state index is 13.0. The Kier molecular flexibility index (Phi) is 5.28. The molecule has 0 radical (unpaired) electrons. The van der Waals surface area contributed by atoms with E-state index in [-0.39, 0.29) is 11.6 Å². The van der Waals surface area contributed by atoms with Crippen LogP contribution in [0.4, 0.5) is 11.4 Å². The van der Waals surface area contributed by atoms with Gasteiger partial charge in [-0.25, -0.2) is 4.68 Å². The number of amides is 1. The smallest absolute Gasteiger partial charge is 0.269 e. The number of carbonyl (C=O) groups is 1. The van der Waals surface area contributed by atoms with E-state index in [1.807, 2.05) is 30.3 Å². The van der Waals surface area contributed by atoms with Crippen LogP contribution in [0.3, 0.4) is 0 Å². The number of nitro groups is 1. The minimum atomic E-state index is -0.473. The minimum Gasteiger partial charge on any atom is -0.322 e. The van der Waals surface area contributed by atoms with E-state index in [1.165, 1.54) is 12.1 Å². The topological polar surface area (TPSA) is 90.1 Å². The maximum Gasteiger partial charge on any atom is 0.269 e. The van der Waals surface area contributed by atoms with Gasteiger partial charge in [0.2, 0.25) is 0 Å². The van der Waals surface area contributed by atoms with Crippen molar-refractivity contribution in [2.75, 3.05) is 5.32 Å². The van der Waals surface area contributed by atoms with Crippen molar-refractivity contribution >= 4 is 28.9 Å². The van der Waals surface area contributed by atoms with Gasteiger partial charge in [-0.2, -0.15) is 5.10 Å². The first kappa shape index (κ1) is 19.4. The zero-order valence-corrected chi connectivity index (χ0v) is 16.3. The van der Waals surface area contributed by atoms with E-state index in [2.05, 4.69) is 10.4 Å². The van der Waals surface area contributed by atoms with Crippen LogP contribution < -0.4 is 5.32 Å². The monoisotopic (exact) mass is 418 g/mol. The van der Waals surface area contributed by atoms with E-state index in [1.54, 1.807) is 47.3 Å². The van der Waals surface area contributed by atoms with Crippen LogP contribution in [0.5, 0.6) is 0 Å². The van der Waals surface area contributed by atoms with Gasteiger partial charge >= 0.3 is 0 Å². The molecule has 4 aromatic rings. The Balaban J connectivity index is 1.76. The molecular weight excluding hydrogens is 404 g/mol. The van der Waals surface area contributed by atoms with Crippen LogP contribution in [-0.2, 0) is 0 Å². The summed E-state index contributed by atoms with van der Waals surface area (Å²) in [5, 5.41) is 18.8. The summed E-state index contributed by atoms with van der Waals surface area (Å²) in [6.45, 7) is 0. The third-order valence-electron chi connectivity index (χ3n) is 4.41. The van der Waals surface area contributed by atoms with Crippen molar-refractivity contribution < 1.29 is 9.72 Å². The second-order valence-electron chi connectivity index (χ2n) is 6.44. The van der Waals surface area contributed by atoms with Gasteiger partial charge < -0.3 is 5.32 Å². The molecule has 1 heterocycles. The number of carbonyl (C=O) groups excluding carboxylic acids is 1. The number of non-ortho nitro benzene ring substituents is 1. The van der Waals surface area contributed by atoms with Crippen LogP contribution in [0.25, 0.3) is 16.9 Å². The zero-order valence-electron chi connectivity index (χ0n) is 15.5. The summed E-state index contributed by atoms with van der Waals surface area (Å²) >= 11 is 6.00. The average molecular weight is 419 g/mol. The van der Waals surface area contributed by atoms with Crippen molar-refractivity contribution in [3.05, 3.63) is 106 Å². The Labute approximate surface area is 176 Å². The number of nitrogens with one attached hydrogen (secondary N) is 1. The zero-order chi connectivity index (χ0) is 21.1. The molecule has 0 aliphatic heterocycles. The quantitative estimate of drug-likeness (QED) is 0.349. The van der Waals surface area contributed by atoms with Crippen molar-refractivity contribution in [1.29, 1.82) is 0 Å². The van der Waals surface area contributed by atoms with Gasteiger partial charge in [-0.15, -0.1) is 0 Å². The first-order valence-electron chi connectivity index (χ1n) is 8.98. The molecule has 30 heavy (non-hydrogen) atoms. The second-order valence-corrected chi connectivity index (χ2v) is 6.88. The van der Waals surface area contributed by atoms with Crippen molar-refractivity contribution in [2.45, 2.75) is 0 Å². The molecule has 0 saturated heterocycles. The molecule has 0 aliphatic carbocycles. The third kappa shape index (κ3) is 4.06. The van der Waals surface area contributed by atoms with Crippen LogP contribution in [-0.4, -0.2) is 20.6 Å². The third-order valence-corrected chi connectivity index (χ3v) is 4.65. The average Bonchev–Trinajstić information content (AvgIpc) is 3.20. The molecule has 0 spiro atoms. The van der Waals surface area contributed by atoms with E-state index in [9.17, 15) is 14.9 Å². The standard InChI is InChI=1S/C22H15ClN4O3/c23-16-5-4-6-17(13-16)24-22(28)20-14-26(18-7-2-1-3-8-18)25-21(20)15-9-11-19(12-10-15)27(29)30/h1-14H,(H,24,28). The summed E-state index contributed by atoms with van der Waals surface area (Å²) in [6.07, 6.45) is 1.63. The maximum absolute atomic E-state index is 13.0. The molecule has 0 unspecified atom stereocenters. The number of para-hydroxylation sites is 1. The van der Waals surface area contributed by atoms with Gasteiger partial charge in [-0.3, -0.25) is 14.9 Å². The summed E-state index contributed by atoms with van der Waals surface area (Å²) in [7, 11) is 0. The highest BCUT2D eigenvalue weighted by atomic mass is 35.5. The molecule has 0 fully saturated rings. The van der Waals surface area contributed by atoms with Crippen LogP contribution in [0, 0.1) is 10.1 Å². The summed E-state index contributed by atoms with van der Waals surface area (Å²) in [6, 6.07) is 22.1. The molecule has 4 rings (SSSR count). The predicted octanol–water partition coefficient (Wildman–Crippen LogP) is 5.35. The first-order valence-corrected chi connectivity index (χ1v) is 9.36. The highest BCUT2D eigenvalue weighted by Gasteiger charge is 2.20. The number of aromatic nitrogens is 2. The lowest BCUT2D eigenvalue weighted by Gasteiger charge is -2.06. The largest absolute Gasteiger partial charge is 0.322 e. The summed E-state index contributed by atoms with van der Waals surface area (Å²) in [5.41, 5.74) is 2.62. The number of nitro benzene ring substituents is 1. The van der Waals surface area contributed by atoms with Crippen LogP contribution in [0.1, 0.15) is 10.4 Å². The number of rotatable bonds is 5. The van der Waals surface area contributed by atoms with Gasteiger partial charge in [0, 0.05) is 34.6 Å². The summed E-state index contributed by atoms with van der Waals surface area (Å²) in [4.78, 5) is 23.5. The molecule has 3 aromatic carbocycles. The van der Waals surface area contributed by atoms with Gasteiger partial charge in [-0.1, -0.05) is 35.9 Å². The number of halogens is 1. The first-order chi connectivity index (χ1) is 14.5. The number of benzene rings is 3. The van der Waals surface area contributed by atoms with Gasteiger partial charge in [0.1, 0.15) is 5.69 Å². The molecule has 8 heteroatoms. The van der Waals surface area contributed by atoms with E-state index in [0.29, 0.717) is 27.5 Å². The number of hydrogen-bond donors (Lipinski definition) is 1. The minimum absolute atomic E-state index is 0.0360. The Bertz CT molecular complexity index is 1220. The van der Waals surface area contributed by atoms with Gasteiger partial charge in [0.15, 0.2) is 0 Å². The second kappa shape index (κ2) is 8.18. The highest BCUT2D eigenvalue weighted by Crippen LogP contribution is 2.27. The van der Waals surface area contributed by atoms with Gasteiger partial charge in [0.05, 0.1) is 16.2 Å². The van der Waals surface area contributed by atoms with Crippen molar-refractivity contribution in [3.63, 3.8) is 0 Å². The predicted molar refractivity (Wildman–Crippen MR) is 115 cm³/mol.